The molecule has 0 aliphatic rings. The van der Waals surface area contributed by atoms with Gasteiger partial charge < -0.3 is 19.3 Å². The fourth-order valence-corrected chi connectivity index (χ4v) is 2.93. The molecule has 0 saturated carbocycles. The van der Waals surface area contributed by atoms with Crippen LogP contribution in [0.3, 0.4) is 0 Å². The zero-order valence-corrected chi connectivity index (χ0v) is 15.3. The predicted octanol–water partition coefficient (Wildman–Crippen LogP) is 4.70. The largest absolute Gasteiger partial charge is 0.497 e. The number of nitrogens with one attached hydrogen (secondary N) is 1. The molecule has 8 heteroatoms. The molecular formula is C19H15ClN4O3. The van der Waals surface area contributed by atoms with Crippen LogP contribution in [-0.4, -0.2) is 29.3 Å². The first-order valence-corrected chi connectivity index (χ1v) is 8.43. The van der Waals surface area contributed by atoms with Gasteiger partial charge in [-0.2, -0.15) is 4.98 Å². The van der Waals surface area contributed by atoms with Crippen LogP contribution in [0.25, 0.3) is 22.4 Å². The van der Waals surface area contributed by atoms with Crippen molar-refractivity contribution in [2.75, 3.05) is 19.5 Å². The van der Waals surface area contributed by atoms with Crippen LogP contribution < -0.4 is 14.8 Å². The van der Waals surface area contributed by atoms with Crippen molar-refractivity contribution in [2.24, 2.45) is 0 Å². The maximum Gasteiger partial charge on any atom is 0.263 e. The Bertz CT molecular complexity index is 1110. The van der Waals surface area contributed by atoms with Gasteiger partial charge in [-0.25, -0.2) is 4.98 Å². The molecule has 0 unspecified atom stereocenters. The summed E-state index contributed by atoms with van der Waals surface area (Å²) in [6.45, 7) is 0. The molecule has 0 bridgehead atoms. The highest BCUT2D eigenvalue weighted by molar-refractivity contribution is 6.30. The lowest BCUT2D eigenvalue weighted by Crippen LogP contribution is -1.99. The summed E-state index contributed by atoms with van der Waals surface area (Å²) >= 11 is 6.12. The van der Waals surface area contributed by atoms with E-state index >= 15 is 0 Å². The molecule has 7 nitrogen and oxygen atoms in total. The monoisotopic (exact) mass is 382 g/mol. The highest BCUT2D eigenvalue weighted by Gasteiger charge is 2.18. The van der Waals surface area contributed by atoms with E-state index in [1.165, 1.54) is 6.33 Å². The quantitative estimate of drug-likeness (QED) is 0.535. The molecule has 27 heavy (non-hydrogen) atoms. The first-order chi connectivity index (χ1) is 13.2. The molecule has 0 aliphatic heterocycles. The molecule has 0 fully saturated rings. The molecule has 4 rings (SSSR count). The Balaban J connectivity index is 1.82. The van der Waals surface area contributed by atoms with Gasteiger partial charge >= 0.3 is 0 Å². The van der Waals surface area contributed by atoms with Crippen LogP contribution in [0.2, 0.25) is 5.02 Å². The average molecular weight is 383 g/mol. The second-order valence-electron chi connectivity index (χ2n) is 5.64. The molecule has 0 aliphatic carbocycles. The molecule has 0 spiro atoms. The summed E-state index contributed by atoms with van der Waals surface area (Å²) in [6, 6.07) is 12.8. The van der Waals surface area contributed by atoms with Crippen molar-refractivity contribution >= 4 is 34.2 Å². The Morgan fingerprint density at radius 1 is 1.04 bits per heavy atom. The number of methoxy groups -OCH3 is 2. The Kier molecular flexibility index (Phi) is 4.52. The zero-order valence-electron chi connectivity index (χ0n) is 14.6. The Hall–Kier alpha value is -3.32. The van der Waals surface area contributed by atoms with Gasteiger partial charge in [-0.05, 0) is 24.3 Å². The van der Waals surface area contributed by atoms with E-state index in [0.717, 1.165) is 11.3 Å². The topological polar surface area (TPSA) is 82.3 Å². The third-order valence-electron chi connectivity index (χ3n) is 4.03. The molecule has 0 amide bonds. The second-order valence-corrected chi connectivity index (χ2v) is 6.07. The van der Waals surface area contributed by atoms with Crippen molar-refractivity contribution in [1.82, 2.24) is 15.1 Å². The van der Waals surface area contributed by atoms with Gasteiger partial charge in [-0.3, -0.25) is 0 Å². The van der Waals surface area contributed by atoms with Crippen LogP contribution in [0.1, 0.15) is 0 Å². The first kappa shape index (κ1) is 17.1. The van der Waals surface area contributed by atoms with Crippen LogP contribution in [0.5, 0.6) is 11.5 Å². The van der Waals surface area contributed by atoms with Crippen molar-refractivity contribution in [3.05, 3.63) is 53.8 Å². The minimum Gasteiger partial charge on any atom is -0.497 e. The molecular weight excluding hydrogens is 368 g/mol. The Labute approximate surface area is 159 Å². The van der Waals surface area contributed by atoms with Crippen molar-refractivity contribution in [2.45, 2.75) is 0 Å². The minimum atomic E-state index is 0.370. The lowest BCUT2D eigenvalue weighted by atomic mass is 10.1. The highest BCUT2D eigenvalue weighted by Crippen LogP contribution is 2.36. The third-order valence-corrected chi connectivity index (χ3v) is 4.27. The van der Waals surface area contributed by atoms with E-state index in [-0.39, 0.29) is 0 Å². The van der Waals surface area contributed by atoms with Crippen LogP contribution in [0.15, 0.2) is 53.3 Å². The van der Waals surface area contributed by atoms with Crippen molar-refractivity contribution < 1.29 is 14.0 Å². The molecule has 1 N–H and O–H groups in total. The van der Waals surface area contributed by atoms with Gasteiger partial charge in [0.05, 0.1) is 19.9 Å². The van der Waals surface area contributed by atoms with Crippen LogP contribution in [0.4, 0.5) is 11.5 Å². The average Bonchev–Trinajstić information content (AvgIpc) is 3.13. The summed E-state index contributed by atoms with van der Waals surface area (Å²) in [7, 11) is 3.19. The predicted molar refractivity (Wildman–Crippen MR) is 103 cm³/mol. The third kappa shape index (κ3) is 3.24. The number of anilines is 2. The van der Waals surface area contributed by atoms with Crippen molar-refractivity contribution in [3.8, 4) is 22.8 Å². The number of aromatic nitrogens is 3. The lowest BCUT2D eigenvalue weighted by molar-refractivity contribution is 0.395. The van der Waals surface area contributed by atoms with Crippen LogP contribution in [-0.2, 0) is 0 Å². The van der Waals surface area contributed by atoms with Gasteiger partial charge in [0.15, 0.2) is 0 Å². The van der Waals surface area contributed by atoms with E-state index in [1.54, 1.807) is 26.4 Å². The SMILES string of the molecule is COc1ccc(Nc2ncnc3onc(-c4cccc(Cl)c4)c23)c(OC)c1. The standard InChI is InChI=1S/C19H15ClN4O3/c1-25-13-6-7-14(15(9-13)26-2)23-18-16-17(11-4-3-5-12(20)8-11)24-27-19(16)22-10-21-18/h3-10H,1-2H3,(H,21,22,23). The lowest BCUT2D eigenvalue weighted by Gasteiger charge is -2.12. The number of halogens is 1. The van der Waals surface area contributed by atoms with Crippen LogP contribution in [0, 0.1) is 0 Å². The number of benzene rings is 2. The van der Waals surface area contributed by atoms with Gasteiger partial charge in [0.2, 0.25) is 0 Å². The second kappa shape index (κ2) is 7.13. The highest BCUT2D eigenvalue weighted by atomic mass is 35.5. The van der Waals surface area contributed by atoms with E-state index in [0.29, 0.717) is 39.1 Å². The van der Waals surface area contributed by atoms with Gasteiger partial charge in [-0.1, -0.05) is 28.9 Å². The molecule has 136 valence electrons. The van der Waals surface area contributed by atoms with Crippen molar-refractivity contribution in [3.63, 3.8) is 0 Å². The molecule has 2 aromatic carbocycles. The number of rotatable bonds is 5. The maximum absolute atomic E-state index is 6.12. The van der Waals surface area contributed by atoms with Gasteiger partial charge in [0.25, 0.3) is 5.71 Å². The van der Waals surface area contributed by atoms with Crippen LogP contribution >= 0.6 is 11.6 Å². The summed E-state index contributed by atoms with van der Waals surface area (Å²) in [5.41, 5.74) is 2.50. The summed E-state index contributed by atoms with van der Waals surface area (Å²) in [5.74, 6) is 1.84. The molecule has 0 atom stereocenters. The fourth-order valence-electron chi connectivity index (χ4n) is 2.74. The number of hydrogen-bond donors (Lipinski definition) is 1. The number of nitrogens with zero attached hydrogens (tertiary/aromatic N) is 3. The maximum atomic E-state index is 6.12. The van der Waals surface area contributed by atoms with E-state index in [4.69, 9.17) is 25.6 Å². The minimum absolute atomic E-state index is 0.370. The zero-order chi connectivity index (χ0) is 18.8. The summed E-state index contributed by atoms with van der Waals surface area (Å²) in [6.07, 6.45) is 1.41. The van der Waals surface area contributed by atoms with Crippen molar-refractivity contribution in [1.29, 1.82) is 0 Å². The smallest absolute Gasteiger partial charge is 0.263 e. The summed E-state index contributed by atoms with van der Waals surface area (Å²) in [5, 5.41) is 8.67. The molecule has 0 radical (unpaired) electrons. The molecule has 2 heterocycles. The fraction of sp³-hybridized carbons (Fsp3) is 0.105. The van der Waals surface area contributed by atoms with Gasteiger partial charge in [0, 0.05) is 16.7 Å². The van der Waals surface area contributed by atoms with E-state index < -0.39 is 0 Å². The number of fused-ring (bicyclic) bond motifs is 1. The van der Waals surface area contributed by atoms with E-state index in [9.17, 15) is 0 Å². The Morgan fingerprint density at radius 3 is 2.70 bits per heavy atom. The van der Waals surface area contributed by atoms with Gasteiger partial charge in [-0.15, -0.1) is 0 Å². The number of hydrogen-bond acceptors (Lipinski definition) is 7. The van der Waals surface area contributed by atoms with Gasteiger partial charge in [0.1, 0.15) is 34.7 Å². The summed E-state index contributed by atoms with van der Waals surface area (Å²) in [4.78, 5) is 8.52. The van der Waals surface area contributed by atoms with E-state index in [1.807, 2.05) is 30.3 Å². The molecule has 0 saturated heterocycles. The van der Waals surface area contributed by atoms with E-state index in [2.05, 4.69) is 20.4 Å². The molecule has 4 aromatic rings. The number of ether oxygens (including phenoxy) is 2. The Morgan fingerprint density at radius 2 is 1.93 bits per heavy atom. The summed E-state index contributed by atoms with van der Waals surface area (Å²) < 4.78 is 16.1. The molecule has 2 aromatic heterocycles. The first-order valence-electron chi connectivity index (χ1n) is 8.05. The normalized spacial score (nSPS) is 10.8.